The maximum absolute atomic E-state index is 6.35. The highest BCUT2D eigenvalue weighted by molar-refractivity contribution is 5.88. The normalized spacial score (nSPS) is 13.8. The molecule has 0 spiro atoms. The van der Waals surface area contributed by atoms with Gasteiger partial charge in [-0.3, -0.25) is 0 Å². The van der Waals surface area contributed by atoms with Gasteiger partial charge in [0.15, 0.2) is 0 Å². The summed E-state index contributed by atoms with van der Waals surface area (Å²) < 4.78 is 6.35. The van der Waals surface area contributed by atoms with Gasteiger partial charge in [-0.05, 0) is 142 Å². The van der Waals surface area contributed by atoms with Crippen LogP contribution in [-0.4, -0.2) is 10.2 Å². The van der Waals surface area contributed by atoms with Crippen molar-refractivity contribution >= 4 is 34.1 Å². The van der Waals surface area contributed by atoms with Crippen LogP contribution >= 0.6 is 0 Å². The van der Waals surface area contributed by atoms with Gasteiger partial charge in [-0.15, -0.1) is 10.2 Å². The fraction of sp³-hybridized carbons (Fsp3) is 0.107. The van der Waals surface area contributed by atoms with Crippen LogP contribution in [0, 0.1) is 0 Å². The zero-order valence-corrected chi connectivity index (χ0v) is 34.7. The van der Waals surface area contributed by atoms with Gasteiger partial charge in [-0.1, -0.05) is 125 Å². The number of nitrogens with zero attached hydrogens (tertiary/aromatic N) is 4. The van der Waals surface area contributed by atoms with E-state index in [-0.39, 0.29) is 10.8 Å². The van der Waals surface area contributed by atoms with Gasteiger partial charge in [0.2, 0.25) is 11.8 Å². The summed E-state index contributed by atoms with van der Waals surface area (Å²) in [5.41, 5.74) is 18.6. The minimum atomic E-state index is -0.127. The molecule has 294 valence electrons. The second-order valence-electron chi connectivity index (χ2n) is 17.1. The van der Waals surface area contributed by atoms with E-state index in [4.69, 9.17) is 4.42 Å². The fourth-order valence-electron chi connectivity index (χ4n) is 9.67. The summed E-state index contributed by atoms with van der Waals surface area (Å²) in [5.74, 6) is 0.947. The molecule has 0 N–H and O–H groups in total. The monoisotopic (exact) mass is 788 g/mol. The standard InChI is InChI=1S/C56H44N4O/c1-55(2)49-21-13-11-19-45(49)47-33-31-43(35-51(47)55)60(44-32-34-48-46-20-12-14-22-50(46)56(3,4)52(48)36-44)42-29-25-38(26-30-42)54-58-57-53(61-54)37-23-27-41(28-24-37)59(39-15-7-5-8-16-39)40-17-9-6-10-18-40/h5-36H,1-4H3. The van der Waals surface area contributed by atoms with E-state index in [1.54, 1.807) is 0 Å². The Morgan fingerprint density at radius 3 is 1.08 bits per heavy atom. The number of para-hydroxylation sites is 2. The van der Waals surface area contributed by atoms with Crippen molar-refractivity contribution in [1.82, 2.24) is 10.2 Å². The number of rotatable bonds is 8. The SMILES string of the molecule is CC1(C)c2ccccc2-c2ccc(N(c3ccc(-c4nnc(-c5ccc(N(c6ccccc6)c6ccccc6)cc5)o4)cc3)c3ccc4c(c3)C(C)(C)c3ccccc3-4)cc21. The van der Waals surface area contributed by atoms with Crippen LogP contribution in [-0.2, 0) is 10.8 Å². The predicted molar refractivity (Wildman–Crippen MR) is 250 cm³/mol. The molecule has 0 unspecified atom stereocenters. The molecule has 8 aromatic carbocycles. The first-order valence-electron chi connectivity index (χ1n) is 21.0. The second kappa shape index (κ2) is 14.1. The summed E-state index contributed by atoms with van der Waals surface area (Å²) in [6, 6.07) is 69.1. The molecule has 9 aromatic rings. The first-order chi connectivity index (χ1) is 29.8. The van der Waals surface area contributed by atoms with E-state index in [1.807, 2.05) is 24.3 Å². The molecule has 61 heavy (non-hydrogen) atoms. The Kier molecular flexibility index (Phi) is 8.43. The van der Waals surface area contributed by atoms with Crippen LogP contribution in [0.2, 0.25) is 0 Å². The zero-order chi connectivity index (χ0) is 41.3. The average molecular weight is 789 g/mol. The third-order valence-corrected chi connectivity index (χ3v) is 12.8. The lowest BCUT2D eigenvalue weighted by Gasteiger charge is -2.29. The van der Waals surface area contributed by atoms with Crippen LogP contribution in [0.4, 0.5) is 34.1 Å². The van der Waals surface area contributed by atoms with Crippen molar-refractivity contribution < 1.29 is 4.42 Å². The minimum absolute atomic E-state index is 0.127. The van der Waals surface area contributed by atoms with Gasteiger partial charge >= 0.3 is 0 Å². The van der Waals surface area contributed by atoms with Crippen molar-refractivity contribution in [2.75, 3.05) is 9.80 Å². The van der Waals surface area contributed by atoms with Crippen LogP contribution in [0.25, 0.3) is 45.2 Å². The summed E-state index contributed by atoms with van der Waals surface area (Å²) in [4.78, 5) is 4.62. The lowest BCUT2D eigenvalue weighted by molar-refractivity contribution is 0.584. The third-order valence-electron chi connectivity index (χ3n) is 12.8. The van der Waals surface area contributed by atoms with Gasteiger partial charge in [-0.2, -0.15) is 0 Å². The van der Waals surface area contributed by atoms with Crippen molar-refractivity contribution in [2.24, 2.45) is 0 Å². The zero-order valence-electron chi connectivity index (χ0n) is 34.7. The van der Waals surface area contributed by atoms with E-state index in [2.05, 4.69) is 218 Å². The molecule has 2 aliphatic rings. The van der Waals surface area contributed by atoms with E-state index in [1.165, 1.54) is 44.5 Å². The van der Waals surface area contributed by atoms with E-state index in [0.29, 0.717) is 11.8 Å². The fourth-order valence-corrected chi connectivity index (χ4v) is 9.67. The van der Waals surface area contributed by atoms with Crippen molar-refractivity contribution in [3.63, 3.8) is 0 Å². The van der Waals surface area contributed by atoms with E-state index < -0.39 is 0 Å². The van der Waals surface area contributed by atoms with Gasteiger partial charge in [-0.25, -0.2) is 0 Å². The Labute approximate surface area is 357 Å². The second-order valence-corrected chi connectivity index (χ2v) is 17.1. The predicted octanol–water partition coefficient (Wildman–Crippen LogP) is 15.0. The molecule has 0 saturated carbocycles. The molecular weight excluding hydrogens is 745 g/mol. The largest absolute Gasteiger partial charge is 0.416 e. The summed E-state index contributed by atoms with van der Waals surface area (Å²) in [6.07, 6.45) is 0. The van der Waals surface area contributed by atoms with Crippen LogP contribution in [0.5, 0.6) is 0 Å². The molecular formula is C56H44N4O. The van der Waals surface area contributed by atoms with Crippen molar-refractivity contribution in [2.45, 2.75) is 38.5 Å². The maximum Gasteiger partial charge on any atom is 0.248 e. The summed E-state index contributed by atoms with van der Waals surface area (Å²) in [6.45, 7) is 9.36. The molecule has 0 atom stereocenters. The highest BCUT2D eigenvalue weighted by Gasteiger charge is 2.37. The Morgan fingerprint density at radius 1 is 0.328 bits per heavy atom. The Hall–Kier alpha value is -7.50. The molecule has 11 rings (SSSR count). The molecule has 0 aliphatic heterocycles. The molecule has 5 nitrogen and oxygen atoms in total. The lowest BCUT2D eigenvalue weighted by Crippen LogP contribution is -2.18. The molecule has 1 aromatic heterocycles. The molecule has 2 aliphatic carbocycles. The molecule has 0 fully saturated rings. The Bertz CT molecular complexity index is 2930. The third kappa shape index (κ3) is 5.99. The van der Waals surface area contributed by atoms with Crippen molar-refractivity contribution in [1.29, 1.82) is 0 Å². The van der Waals surface area contributed by atoms with Crippen LogP contribution in [0.1, 0.15) is 49.9 Å². The lowest BCUT2D eigenvalue weighted by atomic mass is 9.82. The summed E-state index contributed by atoms with van der Waals surface area (Å²) >= 11 is 0. The van der Waals surface area contributed by atoms with Gasteiger partial charge in [0.25, 0.3) is 0 Å². The van der Waals surface area contributed by atoms with E-state index in [9.17, 15) is 0 Å². The first kappa shape index (κ1) is 36.6. The van der Waals surface area contributed by atoms with E-state index in [0.717, 1.165) is 45.3 Å². The van der Waals surface area contributed by atoms with E-state index >= 15 is 0 Å². The van der Waals surface area contributed by atoms with Crippen LogP contribution in [0.15, 0.2) is 199 Å². The van der Waals surface area contributed by atoms with Gasteiger partial charge < -0.3 is 14.2 Å². The molecule has 0 bridgehead atoms. The number of benzene rings is 8. The van der Waals surface area contributed by atoms with Gasteiger partial charge in [0, 0.05) is 56.1 Å². The number of aromatic nitrogens is 2. The number of fused-ring (bicyclic) bond motifs is 6. The molecule has 1 heterocycles. The van der Waals surface area contributed by atoms with Crippen LogP contribution in [0.3, 0.4) is 0 Å². The van der Waals surface area contributed by atoms with Crippen molar-refractivity contribution in [3.05, 3.63) is 216 Å². The first-order valence-corrected chi connectivity index (χ1v) is 21.0. The van der Waals surface area contributed by atoms with Gasteiger partial charge in [0.05, 0.1) is 0 Å². The number of anilines is 6. The quantitative estimate of drug-likeness (QED) is 0.153. The summed E-state index contributed by atoms with van der Waals surface area (Å²) in [7, 11) is 0. The number of hydrogen-bond acceptors (Lipinski definition) is 5. The molecule has 0 amide bonds. The maximum atomic E-state index is 6.35. The smallest absolute Gasteiger partial charge is 0.248 e. The van der Waals surface area contributed by atoms with Gasteiger partial charge in [0.1, 0.15) is 0 Å². The average Bonchev–Trinajstić information content (AvgIpc) is 3.95. The Balaban J connectivity index is 0.938. The van der Waals surface area contributed by atoms with Crippen molar-refractivity contribution in [3.8, 4) is 45.2 Å². The minimum Gasteiger partial charge on any atom is -0.416 e. The highest BCUT2D eigenvalue weighted by Crippen LogP contribution is 2.53. The van der Waals surface area contributed by atoms with Crippen LogP contribution < -0.4 is 9.80 Å². The topological polar surface area (TPSA) is 45.4 Å². The summed E-state index contributed by atoms with van der Waals surface area (Å²) in [5, 5.41) is 9.01. The molecule has 0 radical (unpaired) electrons. The Morgan fingerprint density at radius 2 is 0.656 bits per heavy atom. The number of hydrogen-bond donors (Lipinski definition) is 0. The molecule has 0 saturated heterocycles. The molecule has 5 heteroatoms. The highest BCUT2D eigenvalue weighted by atomic mass is 16.4.